The van der Waals surface area contributed by atoms with Gasteiger partial charge in [0.2, 0.25) is 0 Å². The van der Waals surface area contributed by atoms with Gasteiger partial charge in [0, 0.05) is 44.3 Å². The van der Waals surface area contributed by atoms with Gasteiger partial charge in [-0.2, -0.15) is 0 Å². The van der Waals surface area contributed by atoms with Crippen LogP contribution in [0.25, 0.3) is 0 Å². The highest BCUT2D eigenvalue weighted by Crippen LogP contribution is 2.19. The summed E-state index contributed by atoms with van der Waals surface area (Å²) in [6.45, 7) is 16.0. The zero-order chi connectivity index (χ0) is 15.3. The van der Waals surface area contributed by atoms with Gasteiger partial charge in [0.15, 0.2) is 0 Å². The Labute approximate surface area is 130 Å². The summed E-state index contributed by atoms with van der Waals surface area (Å²) in [4.78, 5) is 5.19. The van der Waals surface area contributed by atoms with Crippen LogP contribution in [0.2, 0.25) is 0 Å². The van der Waals surface area contributed by atoms with Crippen LogP contribution in [0.3, 0.4) is 0 Å². The summed E-state index contributed by atoms with van der Waals surface area (Å²) < 4.78 is 0. The normalized spacial score (nSPS) is 19.6. The molecule has 1 saturated heterocycles. The van der Waals surface area contributed by atoms with E-state index in [1.807, 2.05) is 0 Å². The lowest BCUT2D eigenvalue weighted by Gasteiger charge is -2.43. The molecule has 1 unspecified atom stereocenters. The van der Waals surface area contributed by atoms with Crippen molar-refractivity contribution in [2.45, 2.75) is 39.3 Å². The standard InChI is InChI=1S/C18H31N3/c1-5-19-17(16-9-7-6-8-10-16)15-20-11-13-21(14-12-20)18(2,3)4/h6-10,17,19H,5,11-15H2,1-4H3. The third-order valence-electron chi connectivity index (χ3n) is 4.41. The van der Waals surface area contributed by atoms with Gasteiger partial charge in [-0.05, 0) is 32.9 Å². The van der Waals surface area contributed by atoms with Crippen molar-refractivity contribution in [1.29, 1.82) is 0 Å². The zero-order valence-electron chi connectivity index (χ0n) is 14.1. The molecule has 1 aliphatic heterocycles. The third kappa shape index (κ3) is 4.80. The van der Waals surface area contributed by atoms with Gasteiger partial charge in [-0.25, -0.2) is 0 Å². The molecule has 0 amide bonds. The summed E-state index contributed by atoms with van der Waals surface area (Å²) in [5, 5.41) is 3.63. The molecule has 1 atom stereocenters. The average Bonchev–Trinajstić information content (AvgIpc) is 2.47. The summed E-state index contributed by atoms with van der Waals surface area (Å²) in [6, 6.07) is 11.3. The molecule has 1 aromatic rings. The molecule has 0 radical (unpaired) electrons. The fourth-order valence-corrected chi connectivity index (χ4v) is 3.08. The quantitative estimate of drug-likeness (QED) is 0.899. The first-order chi connectivity index (χ1) is 10.0. The van der Waals surface area contributed by atoms with Crippen LogP contribution in [-0.2, 0) is 0 Å². The van der Waals surface area contributed by atoms with Crippen LogP contribution >= 0.6 is 0 Å². The second kappa shape index (κ2) is 7.39. The maximum Gasteiger partial charge on any atom is 0.0449 e. The summed E-state index contributed by atoms with van der Waals surface area (Å²) in [5.41, 5.74) is 1.70. The van der Waals surface area contributed by atoms with E-state index in [-0.39, 0.29) is 0 Å². The lowest BCUT2D eigenvalue weighted by atomic mass is 10.0. The first-order valence-electron chi connectivity index (χ1n) is 8.26. The number of nitrogens with zero attached hydrogens (tertiary/aromatic N) is 2. The Hall–Kier alpha value is -0.900. The minimum absolute atomic E-state index is 0.298. The lowest BCUT2D eigenvalue weighted by molar-refractivity contribution is 0.0581. The molecule has 3 nitrogen and oxygen atoms in total. The highest BCUT2D eigenvalue weighted by Gasteiger charge is 2.26. The molecule has 0 bridgehead atoms. The number of rotatable bonds is 5. The highest BCUT2D eigenvalue weighted by molar-refractivity contribution is 5.19. The van der Waals surface area contributed by atoms with Gasteiger partial charge in [-0.1, -0.05) is 37.3 Å². The molecule has 0 saturated carbocycles. The van der Waals surface area contributed by atoms with Gasteiger partial charge in [-0.3, -0.25) is 9.80 Å². The number of piperazine rings is 1. The summed E-state index contributed by atoms with van der Waals surface area (Å²) >= 11 is 0. The Kier molecular flexibility index (Phi) is 5.80. The van der Waals surface area contributed by atoms with Crippen molar-refractivity contribution < 1.29 is 0 Å². The van der Waals surface area contributed by atoms with E-state index >= 15 is 0 Å². The van der Waals surface area contributed by atoms with Crippen LogP contribution in [0.15, 0.2) is 30.3 Å². The maximum atomic E-state index is 3.63. The van der Waals surface area contributed by atoms with E-state index in [9.17, 15) is 0 Å². The van der Waals surface area contributed by atoms with Crippen molar-refractivity contribution in [3.05, 3.63) is 35.9 Å². The van der Waals surface area contributed by atoms with Gasteiger partial charge in [0.1, 0.15) is 0 Å². The molecular formula is C18H31N3. The Morgan fingerprint density at radius 2 is 1.67 bits per heavy atom. The fourth-order valence-electron chi connectivity index (χ4n) is 3.08. The second-order valence-corrected chi connectivity index (χ2v) is 6.98. The molecule has 1 aliphatic rings. The van der Waals surface area contributed by atoms with Crippen molar-refractivity contribution >= 4 is 0 Å². The predicted molar refractivity (Wildman–Crippen MR) is 90.6 cm³/mol. The Morgan fingerprint density at radius 1 is 1.05 bits per heavy atom. The molecule has 21 heavy (non-hydrogen) atoms. The molecule has 1 heterocycles. The van der Waals surface area contributed by atoms with E-state index in [0.29, 0.717) is 11.6 Å². The molecule has 1 aromatic carbocycles. The number of nitrogens with one attached hydrogen (secondary N) is 1. The molecule has 1 fully saturated rings. The Morgan fingerprint density at radius 3 is 2.19 bits per heavy atom. The van der Waals surface area contributed by atoms with Crippen LogP contribution in [-0.4, -0.2) is 54.6 Å². The summed E-state index contributed by atoms with van der Waals surface area (Å²) in [5.74, 6) is 0. The smallest absolute Gasteiger partial charge is 0.0449 e. The third-order valence-corrected chi connectivity index (χ3v) is 4.41. The Balaban J connectivity index is 1.91. The summed E-state index contributed by atoms with van der Waals surface area (Å²) in [6.07, 6.45) is 0. The monoisotopic (exact) mass is 289 g/mol. The van der Waals surface area contributed by atoms with Crippen LogP contribution in [0.4, 0.5) is 0 Å². The van der Waals surface area contributed by atoms with Crippen molar-refractivity contribution in [3.63, 3.8) is 0 Å². The van der Waals surface area contributed by atoms with E-state index < -0.39 is 0 Å². The van der Waals surface area contributed by atoms with E-state index in [2.05, 4.69) is 73.1 Å². The van der Waals surface area contributed by atoms with Crippen molar-refractivity contribution in [3.8, 4) is 0 Å². The Bertz CT molecular complexity index is 402. The van der Waals surface area contributed by atoms with Gasteiger partial charge in [-0.15, -0.1) is 0 Å². The molecule has 0 aliphatic carbocycles. The van der Waals surface area contributed by atoms with E-state index in [1.54, 1.807) is 0 Å². The SMILES string of the molecule is CCNC(CN1CCN(C(C)(C)C)CC1)c1ccccc1. The molecule has 1 N–H and O–H groups in total. The first-order valence-corrected chi connectivity index (χ1v) is 8.26. The van der Waals surface area contributed by atoms with Crippen molar-refractivity contribution in [2.24, 2.45) is 0 Å². The number of likely N-dealkylation sites (N-methyl/N-ethyl adjacent to an activating group) is 1. The van der Waals surface area contributed by atoms with Crippen LogP contribution in [0.5, 0.6) is 0 Å². The van der Waals surface area contributed by atoms with Crippen molar-refractivity contribution in [1.82, 2.24) is 15.1 Å². The van der Waals surface area contributed by atoms with E-state index in [1.165, 1.54) is 31.7 Å². The molecule has 0 aromatic heterocycles. The van der Waals surface area contributed by atoms with Crippen LogP contribution < -0.4 is 5.32 Å². The topological polar surface area (TPSA) is 18.5 Å². The van der Waals surface area contributed by atoms with Gasteiger partial charge in [0.25, 0.3) is 0 Å². The lowest BCUT2D eigenvalue weighted by Crippen LogP contribution is -2.54. The fraction of sp³-hybridized carbons (Fsp3) is 0.667. The molecule has 0 spiro atoms. The summed E-state index contributed by atoms with van der Waals surface area (Å²) in [7, 11) is 0. The van der Waals surface area contributed by atoms with Crippen LogP contribution in [0, 0.1) is 0 Å². The highest BCUT2D eigenvalue weighted by atomic mass is 15.3. The molecule has 3 heteroatoms. The largest absolute Gasteiger partial charge is 0.309 e. The van der Waals surface area contributed by atoms with E-state index in [4.69, 9.17) is 0 Å². The molecule has 118 valence electrons. The average molecular weight is 289 g/mol. The second-order valence-electron chi connectivity index (χ2n) is 6.98. The number of hydrogen-bond acceptors (Lipinski definition) is 3. The van der Waals surface area contributed by atoms with Gasteiger partial charge in [0.05, 0.1) is 0 Å². The maximum absolute atomic E-state index is 3.63. The molecule has 2 rings (SSSR count). The first kappa shape index (κ1) is 16.5. The number of hydrogen-bond donors (Lipinski definition) is 1. The van der Waals surface area contributed by atoms with E-state index in [0.717, 1.165) is 13.1 Å². The minimum Gasteiger partial charge on any atom is -0.309 e. The predicted octanol–water partition coefficient (Wildman–Crippen LogP) is 2.75. The van der Waals surface area contributed by atoms with Crippen LogP contribution in [0.1, 0.15) is 39.3 Å². The van der Waals surface area contributed by atoms with Crippen molar-refractivity contribution in [2.75, 3.05) is 39.3 Å². The molecular weight excluding hydrogens is 258 g/mol. The zero-order valence-corrected chi connectivity index (χ0v) is 14.1. The van der Waals surface area contributed by atoms with Gasteiger partial charge < -0.3 is 5.32 Å². The minimum atomic E-state index is 0.298. The number of benzene rings is 1. The van der Waals surface area contributed by atoms with Gasteiger partial charge >= 0.3 is 0 Å².